The van der Waals surface area contributed by atoms with Gasteiger partial charge in [0.1, 0.15) is 11.5 Å². The molecule has 0 bridgehead atoms. The number of nitrogens with zero attached hydrogens (tertiary/aromatic N) is 3. The van der Waals surface area contributed by atoms with E-state index in [-0.39, 0.29) is 0 Å². The number of anilines is 1. The van der Waals surface area contributed by atoms with Gasteiger partial charge in [0, 0.05) is 29.0 Å². The van der Waals surface area contributed by atoms with Crippen molar-refractivity contribution in [1.82, 2.24) is 15.0 Å². The van der Waals surface area contributed by atoms with Crippen molar-refractivity contribution in [3.05, 3.63) is 34.1 Å². The summed E-state index contributed by atoms with van der Waals surface area (Å²) in [5.41, 5.74) is 3.23. The Labute approximate surface area is 120 Å². The normalized spacial score (nSPS) is 14.0. The highest BCUT2D eigenvalue weighted by atomic mass is 79.9. The molecule has 0 atom stereocenters. The lowest BCUT2D eigenvalue weighted by Crippen LogP contribution is -2.12. The lowest BCUT2D eigenvalue weighted by atomic mass is 9.96. The van der Waals surface area contributed by atoms with Crippen molar-refractivity contribution in [2.24, 2.45) is 0 Å². The third kappa shape index (κ3) is 2.34. The maximum Gasteiger partial charge on any atom is 0.181 e. The van der Waals surface area contributed by atoms with Crippen LogP contribution in [0, 0.1) is 0 Å². The van der Waals surface area contributed by atoms with Crippen LogP contribution in [-0.2, 0) is 12.8 Å². The van der Waals surface area contributed by atoms with Gasteiger partial charge in [0.15, 0.2) is 5.82 Å². The van der Waals surface area contributed by atoms with Gasteiger partial charge in [-0.15, -0.1) is 0 Å². The summed E-state index contributed by atoms with van der Waals surface area (Å²) in [5, 5.41) is 3.19. The Morgan fingerprint density at radius 2 is 2.05 bits per heavy atom. The molecule has 1 N–H and O–H groups in total. The van der Waals surface area contributed by atoms with Crippen LogP contribution in [0.2, 0.25) is 0 Å². The van der Waals surface area contributed by atoms with Gasteiger partial charge in [-0.2, -0.15) is 0 Å². The van der Waals surface area contributed by atoms with Crippen LogP contribution < -0.4 is 5.32 Å². The number of aromatic nitrogens is 3. The highest BCUT2D eigenvalue weighted by Crippen LogP contribution is 2.29. The van der Waals surface area contributed by atoms with E-state index in [1.807, 2.05) is 19.2 Å². The maximum atomic E-state index is 4.71. The summed E-state index contributed by atoms with van der Waals surface area (Å²) in [6.07, 6.45) is 6.29. The highest BCUT2D eigenvalue weighted by molar-refractivity contribution is 9.10. The third-order valence-electron chi connectivity index (χ3n) is 3.39. The number of halogens is 1. The predicted molar refractivity (Wildman–Crippen MR) is 79.2 cm³/mol. The molecular formula is C14H15BrN4. The van der Waals surface area contributed by atoms with E-state index in [0.717, 1.165) is 34.5 Å². The topological polar surface area (TPSA) is 50.7 Å². The Hall–Kier alpha value is -1.49. The fourth-order valence-corrected chi connectivity index (χ4v) is 2.89. The molecule has 98 valence electrons. The first-order valence-electron chi connectivity index (χ1n) is 6.48. The first kappa shape index (κ1) is 12.5. The van der Waals surface area contributed by atoms with Crippen LogP contribution in [0.1, 0.15) is 24.1 Å². The van der Waals surface area contributed by atoms with E-state index in [9.17, 15) is 0 Å². The van der Waals surface area contributed by atoms with Gasteiger partial charge in [0.25, 0.3) is 0 Å². The Kier molecular flexibility index (Phi) is 3.46. The zero-order valence-corrected chi connectivity index (χ0v) is 12.4. The first-order valence-corrected chi connectivity index (χ1v) is 7.27. The van der Waals surface area contributed by atoms with Crippen LogP contribution in [-0.4, -0.2) is 22.0 Å². The molecule has 5 heteroatoms. The number of nitrogens with one attached hydrogen (secondary N) is 1. The molecular weight excluding hydrogens is 304 g/mol. The van der Waals surface area contributed by atoms with Crippen molar-refractivity contribution in [1.29, 1.82) is 0 Å². The zero-order valence-electron chi connectivity index (χ0n) is 10.8. The van der Waals surface area contributed by atoms with Gasteiger partial charge >= 0.3 is 0 Å². The molecule has 2 aromatic rings. The van der Waals surface area contributed by atoms with E-state index in [1.54, 1.807) is 6.20 Å². The minimum absolute atomic E-state index is 0.692. The van der Waals surface area contributed by atoms with E-state index < -0.39 is 0 Å². The Morgan fingerprint density at radius 1 is 1.21 bits per heavy atom. The molecule has 2 aromatic heterocycles. The molecule has 0 saturated carbocycles. The van der Waals surface area contributed by atoms with E-state index in [0.29, 0.717) is 5.82 Å². The lowest BCUT2D eigenvalue weighted by molar-refractivity contribution is 0.665. The van der Waals surface area contributed by atoms with Crippen molar-refractivity contribution in [3.63, 3.8) is 0 Å². The number of pyridine rings is 1. The summed E-state index contributed by atoms with van der Waals surface area (Å²) in [6.45, 7) is 0. The third-order valence-corrected chi connectivity index (χ3v) is 4.03. The standard InChI is InChI=1S/C14H15BrN4/c1-16-13-9-5-2-3-7-11(9)18-14(19-13)12-10(15)6-4-8-17-12/h4,6,8H,2-3,5,7H2,1H3,(H,16,18,19). The first-order chi connectivity index (χ1) is 9.29. The van der Waals surface area contributed by atoms with Crippen LogP contribution >= 0.6 is 15.9 Å². The second kappa shape index (κ2) is 5.25. The molecule has 0 fully saturated rings. The highest BCUT2D eigenvalue weighted by Gasteiger charge is 2.19. The molecule has 0 aliphatic heterocycles. The molecule has 0 amide bonds. The second-order valence-corrected chi connectivity index (χ2v) is 5.47. The molecule has 3 rings (SSSR count). The fourth-order valence-electron chi connectivity index (χ4n) is 2.46. The quantitative estimate of drug-likeness (QED) is 0.923. The van der Waals surface area contributed by atoms with E-state index in [4.69, 9.17) is 4.98 Å². The molecule has 0 radical (unpaired) electrons. The number of aryl methyl sites for hydroxylation is 1. The SMILES string of the molecule is CNc1nc(-c2ncccc2Br)nc2c1CCCC2. The summed E-state index contributed by atoms with van der Waals surface area (Å²) >= 11 is 3.51. The summed E-state index contributed by atoms with van der Waals surface area (Å²) in [5.74, 6) is 1.63. The van der Waals surface area contributed by atoms with Crippen LogP contribution in [0.25, 0.3) is 11.5 Å². The smallest absolute Gasteiger partial charge is 0.181 e. The summed E-state index contributed by atoms with van der Waals surface area (Å²) < 4.78 is 0.924. The molecule has 19 heavy (non-hydrogen) atoms. The number of fused-ring (bicyclic) bond motifs is 1. The summed E-state index contributed by atoms with van der Waals surface area (Å²) in [4.78, 5) is 13.7. The fraction of sp³-hybridized carbons (Fsp3) is 0.357. The van der Waals surface area contributed by atoms with Crippen LogP contribution in [0.5, 0.6) is 0 Å². The Morgan fingerprint density at radius 3 is 2.84 bits per heavy atom. The van der Waals surface area contributed by atoms with Gasteiger partial charge < -0.3 is 5.32 Å². The molecule has 0 spiro atoms. The van der Waals surface area contributed by atoms with E-state index >= 15 is 0 Å². The molecule has 1 aliphatic carbocycles. The van der Waals surface area contributed by atoms with Gasteiger partial charge in [-0.3, -0.25) is 4.98 Å². The van der Waals surface area contributed by atoms with Crippen molar-refractivity contribution in [2.75, 3.05) is 12.4 Å². The number of hydrogen-bond donors (Lipinski definition) is 1. The Balaban J connectivity index is 2.15. The average Bonchev–Trinajstić information content (AvgIpc) is 2.46. The Bertz CT molecular complexity index is 595. The van der Waals surface area contributed by atoms with Crippen LogP contribution in [0.4, 0.5) is 5.82 Å². The van der Waals surface area contributed by atoms with Crippen LogP contribution in [0.3, 0.4) is 0 Å². The van der Waals surface area contributed by atoms with Gasteiger partial charge in [0.2, 0.25) is 0 Å². The maximum absolute atomic E-state index is 4.71. The lowest BCUT2D eigenvalue weighted by Gasteiger charge is -2.18. The van der Waals surface area contributed by atoms with E-state index in [1.165, 1.54) is 18.4 Å². The number of hydrogen-bond acceptors (Lipinski definition) is 4. The second-order valence-electron chi connectivity index (χ2n) is 4.61. The predicted octanol–water partition coefficient (Wildman–Crippen LogP) is 3.22. The van der Waals surface area contributed by atoms with Gasteiger partial charge in [-0.05, 0) is 53.7 Å². The largest absolute Gasteiger partial charge is 0.373 e. The average molecular weight is 319 g/mol. The molecule has 0 saturated heterocycles. The molecule has 0 aromatic carbocycles. The van der Waals surface area contributed by atoms with Gasteiger partial charge in [0.05, 0.1) is 0 Å². The number of rotatable bonds is 2. The van der Waals surface area contributed by atoms with Gasteiger partial charge in [-0.25, -0.2) is 9.97 Å². The van der Waals surface area contributed by atoms with Crippen LogP contribution in [0.15, 0.2) is 22.8 Å². The van der Waals surface area contributed by atoms with Crippen molar-refractivity contribution in [2.45, 2.75) is 25.7 Å². The molecule has 4 nitrogen and oxygen atoms in total. The van der Waals surface area contributed by atoms with Crippen molar-refractivity contribution < 1.29 is 0 Å². The van der Waals surface area contributed by atoms with Crippen molar-refractivity contribution >= 4 is 21.7 Å². The minimum Gasteiger partial charge on any atom is -0.373 e. The molecule has 0 unspecified atom stereocenters. The molecule has 2 heterocycles. The monoisotopic (exact) mass is 318 g/mol. The van der Waals surface area contributed by atoms with Crippen molar-refractivity contribution in [3.8, 4) is 11.5 Å². The molecule has 1 aliphatic rings. The van der Waals surface area contributed by atoms with E-state index in [2.05, 4.69) is 31.2 Å². The zero-order chi connectivity index (χ0) is 13.2. The van der Waals surface area contributed by atoms with Gasteiger partial charge in [-0.1, -0.05) is 0 Å². The summed E-state index contributed by atoms with van der Waals surface area (Å²) in [6, 6.07) is 3.86. The summed E-state index contributed by atoms with van der Waals surface area (Å²) in [7, 11) is 1.91. The minimum atomic E-state index is 0.692.